The van der Waals surface area contributed by atoms with E-state index in [9.17, 15) is 4.79 Å². The molecule has 0 heterocycles. The first-order valence-electron chi connectivity index (χ1n) is 6.09. The lowest BCUT2D eigenvalue weighted by atomic mass is 9.60. The number of carboxylic acids is 1. The van der Waals surface area contributed by atoms with Crippen LogP contribution in [0.5, 0.6) is 0 Å². The van der Waals surface area contributed by atoms with Gasteiger partial charge < -0.3 is 5.11 Å². The summed E-state index contributed by atoms with van der Waals surface area (Å²) in [5, 5.41) is 9.09. The summed E-state index contributed by atoms with van der Waals surface area (Å²) in [6.45, 7) is 6.59. The minimum absolute atomic E-state index is 0.0231. The van der Waals surface area contributed by atoms with Crippen LogP contribution in [0.3, 0.4) is 0 Å². The maximum absolute atomic E-state index is 11.0. The standard InChI is InChI=1S/C13H24O2/c1-12(2,3)13(10-11(14)15)8-6-4-5-7-9-13/h4-10H2,1-3H3,(H,14,15). The summed E-state index contributed by atoms with van der Waals surface area (Å²) in [7, 11) is 0. The van der Waals surface area contributed by atoms with Crippen LogP contribution in [0.2, 0.25) is 0 Å². The maximum atomic E-state index is 11.0. The van der Waals surface area contributed by atoms with Gasteiger partial charge in [-0.15, -0.1) is 0 Å². The van der Waals surface area contributed by atoms with E-state index in [1.807, 2.05) is 0 Å². The van der Waals surface area contributed by atoms with Crippen molar-refractivity contribution in [1.82, 2.24) is 0 Å². The average Bonchev–Trinajstić information content (AvgIpc) is 2.28. The Morgan fingerprint density at radius 2 is 1.60 bits per heavy atom. The Morgan fingerprint density at radius 3 is 1.93 bits per heavy atom. The molecule has 1 rings (SSSR count). The normalized spacial score (nSPS) is 22.1. The van der Waals surface area contributed by atoms with Crippen LogP contribution in [0.1, 0.15) is 65.7 Å². The molecule has 2 heteroatoms. The molecule has 0 bridgehead atoms. The minimum atomic E-state index is -0.633. The minimum Gasteiger partial charge on any atom is -0.481 e. The molecule has 88 valence electrons. The second-order valence-electron chi connectivity index (χ2n) is 6.02. The monoisotopic (exact) mass is 212 g/mol. The zero-order chi connectivity index (χ0) is 11.5. The van der Waals surface area contributed by atoms with Crippen LogP contribution in [-0.4, -0.2) is 11.1 Å². The maximum Gasteiger partial charge on any atom is 0.303 e. The van der Waals surface area contributed by atoms with E-state index < -0.39 is 5.97 Å². The van der Waals surface area contributed by atoms with Gasteiger partial charge in [0.1, 0.15) is 0 Å². The van der Waals surface area contributed by atoms with E-state index in [0.29, 0.717) is 6.42 Å². The van der Waals surface area contributed by atoms with Crippen LogP contribution in [0.25, 0.3) is 0 Å². The first kappa shape index (κ1) is 12.5. The van der Waals surface area contributed by atoms with E-state index in [0.717, 1.165) is 12.8 Å². The summed E-state index contributed by atoms with van der Waals surface area (Å²) < 4.78 is 0. The molecule has 0 aliphatic heterocycles. The Hall–Kier alpha value is -0.530. The van der Waals surface area contributed by atoms with Gasteiger partial charge in [-0.1, -0.05) is 46.5 Å². The molecule has 0 amide bonds. The molecule has 0 atom stereocenters. The topological polar surface area (TPSA) is 37.3 Å². The van der Waals surface area contributed by atoms with E-state index in [2.05, 4.69) is 20.8 Å². The van der Waals surface area contributed by atoms with Gasteiger partial charge in [-0.25, -0.2) is 0 Å². The summed E-state index contributed by atoms with van der Waals surface area (Å²) in [4.78, 5) is 11.0. The number of hydrogen-bond acceptors (Lipinski definition) is 1. The summed E-state index contributed by atoms with van der Waals surface area (Å²) in [6.07, 6.45) is 7.46. The fourth-order valence-corrected chi connectivity index (χ4v) is 2.89. The molecule has 0 spiro atoms. The van der Waals surface area contributed by atoms with Gasteiger partial charge in [0.05, 0.1) is 6.42 Å². The smallest absolute Gasteiger partial charge is 0.303 e. The third kappa shape index (κ3) is 2.96. The lowest BCUT2D eigenvalue weighted by molar-refractivity contribution is -0.142. The molecule has 1 N–H and O–H groups in total. The number of hydrogen-bond donors (Lipinski definition) is 1. The van der Waals surface area contributed by atoms with Crippen molar-refractivity contribution in [3.8, 4) is 0 Å². The van der Waals surface area contributed by atoms with E-state index in [4.69, 9.17) is 5.11 Å². The molecule has 0 aromatic carbocycles. The van der Waals surface area contributed by atoms with Crippen LogP contribution in [0, 0.1) is 10.8 Å². The second-order valence-corrected chi connectivity index (χ2v) is 6.02. The summed E-state index contributed by atoms with van der Waals surface area (Å²) in [5.74, 6) is -0.633. The van der Waals surface area contributed by atoms with Crippen molar-refractivity contribution in [3.63, 3.8) is 0 Å². The van der Waals surface area contributed by atoms with Gasteiger partial charge in [-0.2, -0.15) is 0 Å². The van der Waals surface area contributed by atoms with Gasteiger partial charge in [-0.05, 0) is 23.7 Å². The molecular weight excluding hydrogens is 188 g/mol. The van der Waals surface area contributed by atoms with Crippen LogP contribution in [-0.2, 0) is 4.79 Å². The van der Waals surface area contributed by atoms with Gasteiger partial charge in [0.15, 0.2) is 0 Å². The van der Waals surface area contributed by atoms with E-state index >= 15 is 0 Å². The lowest BCUT2D eigenvalue weighted by Crippen LogP contribution is -2.37. The number of rotatable bonds is 2. The van der Waals surface area contributed by atoms with Gasteiger partial charge in [-0.3, -0.25) is 4.79 Å². The SMILES string of the molecule is CC(C)(C)C1(CC(=O)O)CCCCCC1. The van der Waals surface area contributed by atoms with Crippen molar-refractivity contribution in [2.24, 2.45) is 10.8 Å². The summed E-state index contributed by atoms with van der Waals surface area (Å²) in [5.41, 5.74) is 0.130. The highest BCUT2D eigenvalue weighted by Gasteiger charge is 2.43. The van der Waals surface area contributed by atoms with E-state index in [1.165, 1.54) is 25.7 Å². The van der Waals surface area contributed by atoms with Crippen molar-refractivity contribution in [3.05, 3.63) is 0 Å². The van der Waals surface area contributed by atoms with Gasteiger partial charge in [0, 0.05) is 0 Å². The third-order valence-electron chi connectivity index (χ3n) is 4.14. The third-order valence-corrected chi connectivity index (χ3v) is 4.14. The quantitative estimate of drug-likeness (QED) is 0.706. The first-order valence-corrected chi connectivity index (χ1v) is 6.09. The fraction of sp³-hybridized carbons (Fsp3) is 0.923. The number of aliphatic carboxylic acids is 1. The van der Waals surface area contributed by atoms with E-state index in [1.54, 1.807) is 0 Å². The Labute approximate surface area is 93.1 Å². The van der Waals surface area contributed by atoms with Crippen molar-refractivity contribution >= 4 is 5.97 Å². The fourth-order valence-electron chi connectivity index (χ4n) is 2.89. The highest BCUT2D eigenvalue weighted by atomic mass is 16.4. The second kappa shape index (κ2) is 4.54. The molecule has 2 nitrogen and oxygen atoms in total. The Morgan fingerprint density at radius 1 is 1.13 bits per heavy atom. The van der Waals surface area contributed by atoms with Crippen LogP contribution in [0.15, 0.2) is 0 Å². The molecule has 0 aromatic rings. The Bertz CT molecular complexity index is 217. The van der Waals surface area contributed by atoms with Crippen LogP contribution >= 0.6 is 0 Å². The van der Waals surface area contributed by atoms with Crippen molar-refractivity contribution < 1.29 is 9.90 Å². The van der Waals surface area contributed by atoms with Gasteiger partial charge in [0.25, 0.3) is 0 Å². The zero-order valence-corrected chi connectivity index (χ0v) is 10.3. The molecule has 15 heavy (non-hydrogen) atoms. The van der Waals surface area contributed by atoms with Crippen molar-refractivity contribution in [1.29, 1.82) is 0 Å². The average molecular weight is 212 g/mol. The van der Waals surface area contributed by atoms with Crippen molar-refractivity contribution in [2.75, 3.05) is 0 Å². The zero-order valence-electron chi connectivity index (χ0n) is 10.3. The van der Waals surface area contributed by atoms with Gasteiger partial charge >= 0.3 is 5.97 Å². The predicted octanol–water partition coefficient (Wildman–Crippen LogP) is 3.85. The number of carbonyl (C=O) groups is 1. The Balaban J connectivity index is 2.87. The predicted molar refractivity (Wildman–Crippen MR) is 61.8 cm³/mol. The molecule has 0 radical (unpaired) electrons. The van der Waals surface area contributed by atoms with Gasteiger partial charge in [0.2, 0.25) is 0 Å². The first-order chi connectivity index (χ1) is 6.87. The van der Waals surface area contributed by atoms with Crippen LogP contribution in [0.4, 0.5) is 0 Å². The Kier molecular flexibility index (Phi) is 3.80. The van der Waals surface area contributed by atoms with E-state index in [-0.39, 0.29) is 10.8 Å². The highest BCUT2D eigenvalue weighted by Crippen LogP contribution is 2.50. The summed E-state index contributed by atoms with van der Waals surface area (Å²) in [6, 6.07) is 0. The molecule has 1 aliphatic rings. The molecule has 1 aliphatic carbocycles. The highest BCUT2D eigenvalue weighted by molar-refractivity contribution is 5.67. The molecule has 0 aromatic heterocycles. The largest absolute Gasteiger partial charge is 0.481 e. The molecule has 1 saturated carbocycles. The number of carboxylic acid groups (broad SMARTS) is 1. The summed E-state index contributed by atoms with van der Waals surface area (Å²) >= 11 is 0. The molecular formula is C13H24O2. The van der Waals surface area contributed by atoms with Crippen molar-refractivity contribution in [2.45, 2.75) is 65.7 Å². The lowest BCUT2D eigenvalue weighted by Gasteiger charge is -2.44. The molecule has 0 saturated heterocycles. The molecule has 1 fully saturated rings. The van der Waals surface area contributed by atoms with Crippen LogP contribution < -0.4 is 0 Å². The molecule has 0 unspecified atom stereocenters.